The highest BCUT2D eigenvalue weighted by Gasteiger charge is 2.41. The molecule has 0 saturated carbocycles. The lowest BCUT2D eigenvalue weighted by Gasteiger charge is -2.42. The van der Waals surface area contributed by atoms with Gasteiger partial charge in [-0.25, -0.2) is 9.67 Å². The molecular weight excluding hydrogens is 554 g/mol. The quantitative estimate of drug-likeness (QED) is 0.212. The minimum atomic E-state index is -3.40. The highest BCUT2D eigenvalue weighted by atomic mass is 32.3. The van der Waals surface area contributed by atoms with Crippen LogP contribution >= 0.6 is 10.8 Å². The maximum atomic E-state index is 12.7. The molecule has 5 rings (SSSR count). The van der Waals surface area contributed by atoms with E-state index in [0.717, 1.165) is 38.9 Å². The Morgan fingerprint density at radius 1 is 1.17 bits per heavy atom. The minimum absolute atomic E-state index is 0.235. The van der Waals surface area contributed by atoms with Crippen molar-refractivity contribution in [3.05, 3.63) is 76.5 Å². The summed E-state index contributed by atoms with van der Waals surface area (Å²) in [5, 5.41) is 19.1. The van der Waals surface area contributed by atoms with E-state index in [9.17, 15) is 19.0 Å². The summed E-state index contributed by atoms with van der Waals surface area (Å²) in [6, 6.07) is 13.2. The molecule has 3 N–H and O–H groups in total. The Labute approximate surface area is 247 Å². The van der Waals surface area contributed by atoms with Crippen LogP contribution in [0.25, 0.3) is 11.0 Å². The number of hydrogen-bond donors (Lipinski definition) is 3. The fraction of sp³-hybridized carbons (Fsp3) is 0.419. The van der Waals surface area contributed by atoms with Crippen LogP contribution < -0.4 is 4.74 Å². The number of aryl methyl sites for hydroxylation is 3. The molecule has 0 bridgehead atoms. The lowest BCUT2D eigenvalue weighted by Crippen LogP contribution is -2.35. The third-order valence-corrected chi connectivity index (χ3v) is 10.4. The van der Waals surface area contributed by atoms with Gasteiger partial charge >= 0.3 is 5.97 Å². The smallest absolute Gasteiger partial charge is 0.310 e. The second-order valence-electron chi connectivity index (χ2n) is 11.5. The van der Waals surface area contributed by atoms with Gasteiger partial charge in [-0.1, -0.05) is 36.4 Å². The summed E-state index contributed by atoms with van der Waals surface area (Å²) in [6.45, 7) is 12.6. The Bertz CT molecular complexity index is 1640. The number of aliphatic carboxylic acids is 1. The summed E-state index contributed by atoms with van der Waals surface area (Å²) in [5.74, 6) is -1.18. The van der Waals surface area contributed by atoms with E-state index in [-0.39, 0.29) is 23.4 Å². The van der Waals surface area contributed by atoms with Crippen LogP contribution in [-0.2, 0) is 17.9 Å². The average Bonchev–Trinajstić information content (AvgIpc) is 3.34. The number of carbonyl (C=O) groups is 1. The van der Waals surface area contributed by atoms with Gasteiger partial charge in [0.25, 0.3) is 0 Å². The average molecular weight is 594 g/mol. The summed E-state index contributed by atoms with van der Waals surface area (Å²) in [7, 11) is -3.40. The molecule has 0 fully saturated rings. The van der Waals surface area contributed by atoms with E-state index in [0.29, 0.717) is 19.5 Å². The summed E-state index contributed by atoms with van der Waals surface area (Å²) >= 11 is 0. The van der Waals surface area contributed by atoms with Gasteiger partial charge in [0, 0.05) is 25.2 Å². The van der Waals surface area contributed by atoms with Crippen LogP contribution in [0.2, 0.25) is 0 Å². The first-order valence-electron chi connectivity index (χ1n) is 14.2. The molecule has 0 spiro atoms. The van der Waals surface area contributed by atoms with Crippen LogP contribution in [0.4, 0.5) is 0 Å². The number of carboxylic acids is 1. The summed E-state index contributed by atoms with van der Waals surface area (Å²) < 4.78 is 32.6. The lowest BCUT2D eigenvalue weighted by atomic mass is 9.69. The number of hydrogen-bond acceptors (Lipinski definition) is 8. The van der Waals surface area contributed by atoms with Gasteiger partial charge in [0.05, 0.1) is 17.5 Å². The third kappa shape index (κ3) is 5.15. The van der Waals surface area contributed by atoms with Gasteiger partial charge in [-0.15, -0.1) is 15.9 Å². The van der Waals surface area contributed by atoms with E-state index in [1.165, 1.54) is 0 Å². The molecule has 0 amide bonds. The number of benzene rings is 2. The van der Waals surface area contributed by atoms with Crippen molar-refractivity contribution in [2.24, 2.45) is 5.41 Å². The Hall–Kier alpha value is -3.51. The number of aromatic nitrogens is 4. The zero-order valence-electron chi connectivity index (χ0n) is 24.9. The van der Waals surface area contributed by atoms with Crippen molar-refractivity contribution in [1.82, 2.24) is 24.3 Å². The largest absolute Gasteiger partial charge is 0.481 e. The van der Waals surface area contributed by atoms with Gasteiger partial charge in [0.2, 0.25) is 5.88 Å². The van der Waals surface area contributed by atoms with E-state index < -0.39 is 28.1 Å². The van der Waals surface area contributed by atoms with Crippen LogP contribution in [0, 0.1) is 19.3 Å². The topological polar surface area (TPSA) is 134 Å². The Morgan fingerprint density at radius 3 is 2.62 bits per heavy atom. The van der Waals surface area contributed by atoms with Crippen molar-refractivity contribution in [3.63, 3.8) is 0 Å². The molecule has 1 aliphatic heterocycles. The van der Waals surface area contributed by atoms with Crippen LogP contribution in [0.5, 0.6) is 5.88 Å². The SMILES string of the molecule is CCC1CN(Cc2cc(C(c3ccc4c(nnn4CC)c3C)C(C)(C)C(=O)O)ccc2C)S(O)(O)c2cccnc2O1. The fourth-order valence-electron chi connectivity index (χ4n) is 5.77. The van der Waals surface area contributed by atoms with Crippen molar-refractivity contribution >= 4 is 27.8 Å². The number of nitrogens with zero attached hydrogens (tertiary/aromatic N) is 5. The number of carboxylic acid groups (broad SMARTS) is 1. The van der Waals surface area contributed by atoms with Crippen LogP contribution in [0.15, 0.2) is 53.6 Å². The van der Waals surface area contributed by atoms with Gasteiger partial charge in [0.15, 0.2) is 0 Å². The van der Waals surface area contributed by atoms with Crippen molar-refractivity contribution in [2.45, 2.75) is 78.0 Å². The first-order chi connectivity index (χ1) is 19.9. The lowest BCUT2D eigenvalue weighted by molar-refractivity contribution is -0.147. The minimum Gasteiger partial charge on any atom is -0.481 e. The maximum absolute atomic E-state index is 12.7. The van der Waals surface area contributed by atoms with Gasteiger partial charge in [-0.05, 0) is 87.1 Å². The third-order valence-electron chi connectivity index (χ3n) is 8.45. The monoisotopic (exact) mass is 593 g/mol. The van der Waals surface area contributed by atoms with E-state index in [1.54, 1.807) is 36.5 Å². The van der Waals surface area contributed by atoms with Crippen molar-refractivity contribution in [3.8, 4) is 5.88 Å². The first-order valence-corrected chi connectivity index (χ1v) is 15.7. The summed E-state index contributed by atoms with van der Waals surface area (Å²) in [6.07, 6.45) is 1.97. The molecule has 1 aliphatic rings. The zero-order chi connectivity index (χ0) is 30.4. The molecule has 3 heterocycles. The van der Waals surface area contributed by atoms with Crippen LogP contribution in [0.1, 0.15) is 67.9 Å². The Balaban J connectivity index is 1.61. The van der Waals surface area contributed by atoms with E-state index >= 15 is 0 Å². The second kappa shape index (κ2) is 11.3. The zero-order valence-corrected chi connectivity index (χ0v) is 25.7. The summed E-state index contributed by atoms with van der Waals surface area (Å²) in [4.78, 5) is 17.2. The molecule has 10 nitrogen and oxygen atoms in total. The first kappa shape index (κ1) is 30.0. The highest BCUT2D eigenvalue weighted by molar-refractivity contribution is 8.22. The molecule has 0 saturated heterocycles. The molecule has 2 aromatic heterocycles. The normalized spacial score (nSPS) is 18.6. The van der Waals surface area contributed by atoms with Gasteiger partial charge in [-0.3, -0.25) is 13.9 Å². The molecule has 4 aromatic rings. The standard InChI is InChI=1S/C31H39N5O5S/c1-7-23-18-35(42(39,40)26-10-9-15-32-29(26)41-23)17-22-16-21(12-11-19(22)3)27(31(5,6)30(37)38)24-13-14-25-28(20(24)4)33-34-36(25)8-2/h9-16,23,27,39-40H,7-8,17-18H2,1-6H3,(H,37,38). The van der Waals surface area contributed by atoms with E-state index in [4.69, 9.17) is 4.74 Å². The fourth-order valence-corrected chi connectivity index (χ4v) is 7.34. The molecule has 42 heavy (non-hydrogen) atoms. The van der Waals surface area contributed by atoms with Gasteiger partial charge in [0.1, 0.15) is 16.5 Å². The second-order valence-corrected chi connectivity index (χ2v) is 13.5. The Kier molecular flexibility index (Phi) is 8.06. The van der Waals surface area contributed by atoms with Crippen LogP contribution in [-0.4, -0.2) is 57.1 Å². The van der Waals surface area contributed by atoms with E-state index in [1.807, 2.05) is 62.7 Å². The number of ether oxygens (including phenoxy) is 1. The molecule has 0 aliphatic carbocycles. The maximum Gasteiger partial charge on any atom is 0.310 e. The Morgan fingerprint density at radius 2 is 1.93 bits per heavy atom. The molecule has 2 atom stereocenters. The molecule has 224 valence electrons. The van der Waals surface area contributed by atoms with E-state index in [2.05, 4.69) is 15.3 Å². The van der Waals surface area contributed by atoms with Gasteiger partial charge < -0.3 is 9.84 Å². The molecule has 11 heteroatoms. The highest BCUT2D eigenvalue weighted by Crippen LogP contribution is 2.57. The number of fused-ring (bicyclic) bond motifs is 2. The van der Waals surface area contributed by atoms with Gasteiger partial charge in [-0.2, -0.15) is 4.31 Å². The molecule has 2 aromatic carbocycles. The molecule has 2 unspecified atom stereocenters. The predicted octanol–water partition coefficient (Wildman–Crippen LogP) is 6.40. The number of rotatable bonds is 8. The van der Waals surface area contributed by atoms with Crippen molar-refractivity contribution in [1.29, 1.82) is 0 Å². The summed E-state index contributed by atoms with van der Waals surface area (Å²) in [5.41, 5.74) is 4.91. The van der Waals surface area contributed by atoms with Crippen molar-refractivity contribution < 1.29 is 23.7 Å². The molecule has 0 radical (unpaired) electrons. The molecular formula is C31H39N5O5S. The van der Waals surface area contributed by atoms with Crippen LogP contribution in [0.3, 0.4) is 0 Å². The van der Waals surface area contributed by atoms with Crippen molar-refractivity contribution in [2.75, 3.05) is 6.54 Å². The number of pyridine rings is 1. The predicted molar refractivity (Wildman–Crippen MR) is 163 cm³/mol.